The Labute approximate surface area is 117 Å². The van der Waals surface area contributed by atoms with Gasteiger partial charge in [0.15, 0.2) is 0 Å². The van der Waals surface area contributed by atoms with Crippen LogP contribution in [0.1, 0.15) is 30.3 Å². The number of nitrogens with zero attached hydrogens (tertiary/aromatic N) is 1. The van der Waals surface area contributed by atoms with Crippen LogP contribution in [0.5, 0.6) is 0 Å². The van der Waals surface area contributed by atoms with Crippen LogP contribution in [-0.4, -0.2) is 42.8 Å². The molecular formula is C12H18N2O5S. The van der Waals surface area contributed by atoms with Gasteiger partial charge in [-0.15, -0.1) is 0 Å². The summed E-state index contributed by atoms with van der Waals surface area (Å²) < 4.78 is 33.5. The second-order valence-electron chi connectivity index (χ2n) is 4.84. The highest BCUT2D eigenvalue weighted by molar-refractivity contribution is 7.89. The molecule has 112 valence electrons. The second-order valence-corrected chi connectivity index (χ2v) is 6.56. The average Bonchev–Trinajstić information content (AvgIpc) is 2.69. The van der Waals surface area contributed by atoms with Gasteiger partial charge in [-0.25, -0.2) is 17.9 Å². The molecule has 0 bridgehead atoms. The van der Waals surface area contributed by atoms with Gasteiger partial charge < -0.3 is 14.4 Å². The third-order valence-corrected chi connectivity index (χ3v) is 4.82. The summed E-state index contributed by atoms with van der Waals surface area (Å²) >= 11 is 0. The number of carboxylic acid groups (broad SMARTS) is 1. The predicted octanol–water partition coefficient (Wildman–Crippen LogP) is 0.569. The van der Waals surface area contributed by atoms with E-state index in [1.165, 1.54) is 17.8 Å². The number of carboxylic acids is 1. The molecule has 2 N–H and O–H groups in total. The Balaban J connectivity index is 2.04. The highest BCUT2D eigenvalue weighted by Crippen LogP contribution is 2.25. The van der Waals surface area contributed by atoms with Crippen molar-refractivity contribution in [3.63, 3.8) is 0 Å². The zero-order chi connectivity index (χ0) is 14.9. The maximum atomic E-state index is 12.1. The molecule has 1 aliphatic rings. The number of aromatic nitrogens is 1. The molecule has 1 heterocycles. The van der Waals surface area contributed by atoms with Crippen molar-refractivity contribution in [2.75, 3.05) is 6.61 Å². The standard InChI is InChI=1S/C12H18N2O5S/c1-3-19-9-4-8(5-9)13-20(17,18)10-6-11(12(15)16)14(2)7-10/h6-9,13H,3-5H2,1-2H3,(H,15,16). The van der Waals surface area contributed by atoms with E-state index in [2.05, 4.69) is 4.72 Å². The maximum Gasteiger partial charge on any atom is 0.352 e. The van der Waals surface area contributed by atoms with E-state index in [9.17, 15) is 13.2 Å². The van der Waals surface area contributed by atoms with Crippen LogP contribution in [0.3, 0.4) is 0 Å². The number of aryl methyl sites for hydroxylation is 1. The molecule has 1 aromatic rings. The molecule has 20 heavy (non-hydrogen) atoms. The zero-order valence-corrected chi connectivity index (χ0v) is 12.2. The molecule has 1 fully saturated rings. The van der Waals surface area contributed by atoms with Crippen molar-refractivity contribution in [1.82, 2.24) is 9.29 Å². The molecule has 8 heteroatoms. The van der Waals surface area contributed by atoms with Crippen LogP contribution in [0, 0.1) is 0 Å². The van der Waals surface area contributed by atoms with Gasteiger partial charge in [0.1, 0.15) is 10.6 Å². The first-order chi connectivity index (χ1) is 9.33. The molecule has 0 spiro atoms. The third kappa shape index (κ3) is 3.02. The number of nitrogens with one attached hydrogen (secondary N) is 1. The lowest BCUT2D eigenvalue weighted by molar-refractivity contribution is -0.00476. The van der Waals surface area contributed by atoms with Crippen molar-refractivity contribution in [3.05, 3.63) is 18.0 Å². The van der Waals surface area contributed by atoms with Gasteiger partial charge in [-0.1, -0.05) is 0 Å². The van der Waals surface area contributed by atoms with Gasteiger partial charge in [-0.05, 0) is 25.8 Å². The van der Waals surface area contributed by atoms with Crippen LogP contribution in [0.4, 0.5) is 0 Å². The fourth-order valence-electron chi connectivity index (χ4n) is 2.21. The molecule has 0 amide bonds. The first-order valence-electron chi connectivity index (χ1n) is 6.37. The number of carbonyl (C=O) groups is 1. The minimum Gasteiger partial charge on any atom is -0.477 e. The van der Waals surface area contributed by atoms with Crippen LogP contribution in [0.25, 0.3) is 0 Å². The summed E-state index contributed by atoms with van der Waals surface area (Å²) in [6.07, 6.45) is 2.69. The van der Waals surface area contributed by atoms with E-state index < -0.39 is 16.0 Å². The Morgan fingerprint density at radius 2 is 2.20 bits per heavy atom. The summed E-state index contributed by atoms with van der Waals surface area (Å²) in [5.74, 6) is -1.16. The molecule has 7 nitrogen and oxygen atoms in total. The average molecular weight is 302 g/mol. The van der Waals surface area contributed by atoms with E-state index in [-0.39, 0.29) is 22.7 Å². The molecule has 0 radical (unpaired) electrons. The Kier molecular flexibility index (Phi) is 4.17. The van der Waals surface area contributed by atoms with Crippen LogP contribution in [0.2, 0.25) is 0 Å². The zero-order valence-electron chi connectivity index (χ0n) is 11.4. The highest BCUT2D eigenvalue weighted by Gasteiger charge is 2.33. The summed E-state index contributed by atoms with van der Waals surface area (Å²) in [7, 11) is -2.19. The predicted molar refractivity (Wildman–Crippen MR) is 71.1 cm³/mol. The van der Waals surface area contributed by atoms with Crippen molar-refractivity contribution < 1.29 is 23.1 Å². The van der Waals surface area contributed by atoms with Gasteiger partial charge >= 0.3 is 5.97 Å². The van der Waals surface area contributed by atoms with Crippen molar-refractivity contribution >= 4 is 16.0 Å². The van der Waals surface area contributed by atoms with Crippen LogP contribution in [0.15, 0.2) is 17.2 Å². The summed E-state index contributed by atoms with van der Waals surface area (Å²) in [5.41, 5.74) is -0.0637. The smallest absolute Gasteiger partial charge is 0.352 e. The lowest BCUT2D eigenvalue weighted by atomic mass is 9.90. The Morgan fingerprint density at radius 1 is 1.55 bits per heavy atom. The summed E-state index contributed by atoms with van der Waals surface area (Å²) in [6.45, 7) is 2.51. The molecule has 1 aromatic heterocycles. The Bertz CT molecular complexity index is 601. The lowest BCUT2D eigenvalue weighted by Crippen LogP contribution is -2.47. The molecule has 1 saturated carbocycles. The largest absolute Gasteiger partial charge is 0.477 e. The van der Waals surface area contributed by atoms with E-state index in [0.717, 1.165) is 6.07 Å². The maximum absolute atomic E-state index is 12.1. The molecule has 2 rings (SSSR count). The number of hydrogen-bond donors (Lipinski definition) is 2. The quantitative estimate of drug-likeness (QED) is 0.800. The van der Waals surface area contributed by atoms with E-state index >= 15 is 0 Å². The van der Waals surface area contributed by atoms with Gasteiger partial charge in [0.05, 0.1) is 6.10 Å². The minimum atomic E-state index is -3.68. The van der Waals surface area contributed by atoms with E-state index in [4.69, 9.17) is 9.84 Å². The fraction of sp³-hybridized carbons (Fsp3) is 0.583. The second kappa shape index (κ2) is 5.55. The first-order valence-corrected chi connectivity index (χ1v) is 7.85. The molecule has 0 aliphatic heterocycles. The number of rotatable bonds is 6. The van der Waals surface area contributed by atoms with E-state index in [1.807, 2.05) is 6.92 Å². The van der Waals surface area contributed by atoms with Gasteiger partial charge in [0.2, 0.25) is 10.0 Å². The van der Waals surface area contributed by atoms with Crippen LogP contribution in [-0.2, 0) is 21.8 Å². The SMILES string of the molecule is CCOC1CC(NS(=O)(=O)c2cc(C(=O)O)n(C)c2)C1. The van der Waals surface area contributed by atoms with Crippen molar-refractivity contribution in [2.24, 2.45) is 7.05 Å². The highest BCUT2D eigenvalue weighted by atomic mass is 32.2. The van der Waals surface area contributed by atoms with Crippen molar-refractivity contribution in [1.29, 1.82) is 0 Å². The van der Waals surface area contributed by atoms with Crippen LogP contribution >= 0.6 is 0 Å². The van der Waals surface area contributed by atoms with E-state index in [0.29, 0.717) is 19.4 Å². The molecule has 1 aliphatic carbocycles. The molecule has 0 saturated heterocycles. The van der Waals surface area contributed by atoms with Gasteiger partial charge in [-0.2, -0.15) is 0 Å². The van der Waals surface area contributed by atoms with E-state index in [1.54, 1.807) is 0 Å². The van der Waals surface area contributed by atoms with Gasteiger partial charge in [0.25, 0.3) is 0 Å². The van der Waals surface area contributed by atoms with Gasteiger partial charge in [-0.3, -0.25) is 0 Å². The molecular weight excluding hydrogens is 284 g/mol. The summed E-state index contributed by atoms with van der Waals surface area (Å²) in [6, 6.07) is 1.01. The first kappa shape index (κ1) is 15.0. The van der Waals surface area contributed by atoms with Gasteiger partial charge in [0, 0.05) is 25.9 Å². The molecule has 0 atom stereocenters. The lowest BCUT2D eigenvalue weighted by Gasteiger charge is -2.34. The summed E-state index contributed by atoms with van der Waals surface area (Å²) in [5, 5.41) is 8.93. The molecule has 0 unspecified atom stereocenters. The monoisotopic (exact) mass is 302 g/mol. The number of hydrogen-bond acceptors (Lipinski definition) is 4. The molecule has 0 aromatic carbocycles. The number of aromatic carboxylic acids is 1. The Morgan fingerprint density at radius 3 is 2.70 bits per heavy atom. The number of ether oxygens (including phenoxy) is 1. The fourth-order valence-corrected chi connectivity index (χ4v) is 3.55. The summed E-state index contributed by atoms with van der Waals surface area (Å²) in [4.78, 5) is 10.9. The number of sulfonamides is 1. The Hall–Kier alpha value is -1.38. The topological polar surface area (TPSA) is 97.6 Å². The van der Waals surface area contributed by atoms with Crippen molar-refractivity contribution in [3.8, 4) is 0 Å². The van der Waals surface area contributed by atoms with Crippen LogP contribution < -0.4 is 4.72 Å². The normalized spacial score (nSPS) is 22.5. The third-order valence-electron chi connectivity index (χ3n) is 3.33. The minimum absolute atomic E-state index is 0.0303. The van der Waals surface area contributed by atoms with Crippen molar-refractivity contribution in [2.45, 2.75) is 36.8 Å².